The van der Waals surface area contributed by atoms with Gasteiger partial charge in [0.25, 0.3) is 0 Å². The average molecular weight is 411 g/mol. The van der Waals surface area contributed by atoms with Crippen molar-refractivity contribution in [2.24, 2.45) is 11.3 Å². The molecule has 0 atom stereocenters. The minimum atomic E-state index is -0.435. The van der Waals surface area contributed by atoms with Crippen LogP contribution in [0.15, 0.2) is 41.8 Å². The fourth-order valence-electron chi connectivity index (χ4n) is 4.26. The van der Waals surface area contributed by atoms with E-state index < -0.39 is 5.41 Å². The molecular weight excluding hydrogens is 380 g/mol. The monoisotopic (exact) mass is 410 g/mol. The van der Waals surface area contributed by atoms with Gasteiger partial charge < -0.3 is 10.2 Å². The Morgan fingerprint density at radius 1 is 1.14 bits per heavy atom. The minimum Gasteiger partial charge on any atom is -0.353 e. The molecule has 2 aromatic rings. The van der Waals surface area contributed by atoms with Crippen molar-refractivity contribution in [1.82, 2.24) is 10.2 Å². The molecule has 0 radical (unpaired) electrons. The largest absolute Gasteiger partial charge is 0.353 e. The lowest BCUT2D eigenvalue weighted by atomic mass is 9.72. The van der Waals surface area contributed by atoms with Crippen molar-refractivity contribution < 1.29 is 9.59 Å². The van der Waals surface area contributed by atoms with Crippen LogP contribution >= 0.6 is 11.3 Å². The summed E-state index contributed by atoms with van der Waals surface area (Å²) >= 11 is 1.74. The Morgan fingerprint density at radius 3 is 2.38 bits per heavy atom. The van der Waals surface area contributed by atoms with Gasteiger partial charge in [0, 0.05) is 29.9 Å². The number of thiophene rings is 1. The van der Waals surface area contributed by atoms with Gasteiger partial charge in [0.2, 0.25) is 11.8 Å². The first-order valence-electron chi connectivity index (χ1n) is 10.7. The van der Waals surface area contributed by atoms with Crippen LogP contribution in [0, 0.1) is 11.3 Å². The minimum absolute atomic E-state index is 0.117. The lowest BCUT2D eigenvalue weighted by Crippen LogP contribution is -2.52. The van der Waals surface area contributed by atoms with E-state index in [0.29, 0.717) is 19.0 Å². The predicted molar refractivity (Wildman–Crippen MR) is 118 cm³/mol. The number of benzene rings is 1. The summed E-state index contributed by atoms with van der Waals surface area (Å²) in [6.07, 6.45) is 4.25. The maximum absolute atomic E-state index is 13.2. The SMILES string of the molecule is CC(C)NC(=O)C1(Cc2ccc(-c3cccs3)cc2)CCN(C(=O)C2CC2)CC1. The molecule has 0 spiro atoms. The predicted octanol–water partition coefficient (Wildman–Crippen LogP) is 4.50. The van der Waals surface area contributed by atoms with Crippen LogP contribution in [-0.2, 0) is 16.0 Å². The number of carbonyl (C=O) groups excluding carboxylic acids is 2. The fraction of sp³-hybridized carbons (Fsp3) is 0.500. The summed E-state index contributed by atoms with van der Waals surface area (Å²) in [5.74, 6) is 0.674. The molecule has 1 aromatic carbocycles. The second kappa shape index (κ2) is 8.31. The van der Waals surface area contributed by atoms with Gasteiger partial charge in [0.05, 0.1) is 5.41 Å². The van der Waals surface area contributed by atoms with Gasteiger partial charge in [0.15, 0.2) is 0 Å². The molecule has 0 unspecified atom stereocenters. The number of likely N-dealkylation sites (tertiary alicyclic amines) is 1. The molecule has 1 saturated heterocycles. The Kier molecular flexibility index (Phi) is 5.77. The normalized spacial score (nSPS) is 18.7. The quantitative estimate of drug-likeness (QED) is 0.762. The molecule has 0 bridgehead atoms. The number of rotatable bonds is 6. The van der Waals surface area contributed by atoms with Gasteiger partial charge in [-0.2, -0.15) is 0 Å². The van der Waals surface area contributed by atoms with Gasteiger partial charge in [-0.1, -0.05) is 30.3 Å². The number of nitrogens with one attached hydrogen (secondary N) is 1. The average Bonchev–Trinajstić information content (AvgIpc) is 3.42. The summed E-state index contributed by atoms with van der Waals surface area (Å²) in [6.45, 7) is 5.39. The van der Waals surface area contributed by atoms with Crippen LogP contribution in [0.3, 0.4) is 0 Å². The zero-order valence-electron chi connectivity index (χ0n) is 17.3. The first-order chi connectivity index (χ1) is 14.0. The number of hydrogen-bond acceptors (Lipinski definition) is 3. The summed E-state index contributed by atoms with van der Waals surface area (Å²) in [7, 11) is 0. The van der Waals surface area contributed by atoms with E-state index in [2.05, 4.69) is 47.1 Å². The van der Waals surface area contributed by atoms with Crippen molar-refractivity contribution in [2.75, 3.05) is 13.1 Å². The molecule has 1 aliphatic heterocycles. The van der Waals surface area contributed by atoms with E-state index in [1.54, 1.807) is 11.3 Å². The Hall–Kier alpha value is -2.14. The number of carbonyl (C=O) groups is 2. The zero-order valence-corrected chi connectivity index (χ0v) is 18.1. The second-order valence-corrected chi connectivity index (χ2v) is 9.81. The van der Waals surface area contributed by atoms with Crippen LogP contribution in [0.25, 0.3) is 10.4 Å². The second-order valence-electron chi connectivity index (χ2n) is 8.86. The van der Waals surface area contributed by atoms with Gasteiger partial charge >= 0.3 is 0 Å². The van der Waals surface area contributed by atoms with E-state index >= 15 is 0 Å². The smallest absolute Gasteiger partial charge is 0.226 e. The molecule has 1 aromatic heterocycles. The van der Waals surface area contributed by atoms with Gasteiger partial charge in [-0.25, -0.2) is 0 Å². The molecule has 4 rings (SSSR count). The molecule has 2 heterocycles. The van der Waals surface area contributed by atoms with Gasteiger partial charge in [-0.05, 0) is 68.5 Å². The number of nitrogens with zero attached hydrogens (tertiary/aromatic N) is 1. The molecule has 154 valence electrons. The van der Waals surface area contributed by atoms with Crippen molar-refractivity contribution >= 4 is 23.2 Å². The summed E-state index contributed by atoms with van der Waals surface area (Å²) in [5.41, 5.74) is 1.97. The van der Waals surface area contributed by atoms with E-state index in [0.717, 1.165) is 32.1 Å². The first-order valence-corrected chi connectivity index (χ1v) is 11.6. The Bertz CT molecular complexity index is 846. The molecule has 2 aliphatic rings. The lowest BCUT2D eigenvalue weighted by Gasteiger charge is -2.41. The van der Waals surface area contributed by atoms with Crippen LogP contribution < -0.4 is 5.32 Å². The summed E-state index contributed by atoms with van der Waals surface area (Å²) < 4.78 is 0. The summed E-state index contributed by atoms with van der Waals surface area (Å²) in [5, 5.41) is 5.23. The summed E-state index contributed by atoms with van der Waals surface area (Å²) in [4.78, 5) is 28.9. The van der Waals surface area contributed by atoms with Gasteiger partial charge in [-0.15, -0.1) is 11.3 Å². The lowest BCUT2D eigenvalue weighted by molar-refractivity contribution is -0.141. The maximum Gasteiger partial charge on any atom is 0.226 e. The molecule has 2 amide bonds. The Labute approximate surface area is 177 Å². The van der Waals surface area contributed by atoms with Crippen LogP contribution in [0.5, 0.6) is 0 Å². The maximum atomic E-state index is 13.2. The van der Waals surface area contributed by atoms with E-state index in [-0.39, 0.29) is 17.9 Å². The highest BCUT2D eigenvalue weighted by atomic mass is 32.1. The van der Waals surface area contributed by atoms with Crippen molar-refractivity contribution in [3.63, 3.8) is 0 Å². The van der Waals surface area contributed by atoms with Crippen LogP contribution in [0.2, 0.25) is 0 Å². The molecule has 1 aliphatic carbocycles. The van der Waals surface area contributed by atoms with E-state index in [9.17, 15) is 9.59 Å². The number of hydrogen-bond donors (Lipinski definition) is 1. The zero-order chi connectivity index (χ0) is 20.4. The topological polar surface area (TPSA) is 49.4 Å². The van der Waals surface area contributed by atoms with Crippen molar-refractivity contribution in [3.8, 4) is 10.4 Å². The first kappa shape index (κ1) is 20.1. The Balaban J connectivity index is 1.50. The molecule has 2 fully saturated rings. The van der Waals surface area contributed by atoms with Crippen molar-refractivity contribution in [2.45, 2.75) is 52.0 Å². The van der Waals surface area contributed by atoms with Gasteiger partial charge in [-0.3, -0.25) is 9.59 Å². The van der Waals surface area contributed by atoms with Gasteiger partial charge in [0.1, 0.15) is 0 Å². The molecule has 1 N–H and O–H groups in total. The molecular formula is C24H30N2O2S. The van der Waals surface area contributed by atoms with E-state index in [1.807, 2.05) is 18.7 Å². The summed E-state index contributed by atoms with van der Waals surface area (Å²) in [6, 6.07) is 12.9. The third-order valence-corrected chi connectivity index (χ3v) is 7.08. The number of amides is 2. The van der Waals surface area contributed by atoms with Crippen LogP contribution in [0.1, 0.15) is 45.1 Å². The molecule has 1 saturated carbocycles. The molecule has 4 nitrogen and oxygen atoms in total. The molecule has 29 heavy (non-hydrogen) atoms. The van der Waals surface area contributed by atoms with E-state index in [4.69, 9.17) is 0 Å². The highest BCUT2D eigenvalue weighted by Crippen LogP contribution is 2.39. The van der Waals surface area contributed by atoms with E-state index in [1.165, 1.54) is 16.0 Å². The third-order valence-electron chi connectivity index (χ3n) is 6.16. The standard InChI is InChI=1S/C24H30N2O2S/c1-17(2)25-23(28)24(11-13-26(14-12-24)22(27)20-9-10-20)16-18-5-7-19(8-6-18)21-4-3-15-29-21/h3-8,15,17,20H,9-14,16H2,1-2H3,(H,25,28). The highest BCUT2D eigenvalue weighted by Gasteiger charge is 2.44. The van der Waals surface area contributed by atoms with Crippen LogP contribution in [-0.4, -0.2) is 35.8 Å². The number of piperidine rings is 1. The molecule has 5 heteroatoms. The van der Waals surface area contributed by atoms with Crippen LogP contribution in [0.4, 0.5) is 0 Å². The van der Waals surface area contributed by atoms with Crippen molar-refractivity contribution in [1.29, 1.82) is 0 Å². The highest BCUT2D eigenvalue weighted by molar-refractivity contribution is 7.13. The fourth-order valence-corrected chi connectivity index (χ4v) is 5.00. The third kappa shape index (κ3) is 4.55. The van der Waals surface area contributed by atoms with Crippen molar-refractivity contribution in [3.05, 3.63) is 47.3 Å². The Morgan fingerprint density at radius 2 is 1.83 bits per heavy atom.